The van der Waals surface area contributed by atoms with E-state index in [-0.39, 0.29) is 30.6 Å². The lowest BCUT2D eigenvalue weighted by molar-refractivity contribution is 0.00480. The first-order chi connectivity index (χ1) is 8.49. The van der Waals surface area contributed by atoms with Crippen molar-refractivity contribution in [1.82, 2.24) is 0 Å². The molecule has 0 aromatic rings. The maximum atomic E-state index is 11.5. The third kappa shape index (κ3) is 4.11. The fraction of sp³-hybridized carbons (Fsp3) is 1.00. The third-order valence-electron chi connectivity index (χ3n) is 3.90. The van der Waals surface area contributed by atoms with E-state index in [4.69, 9.17) is 0 Å². The maximum absolute atomic E-state index is 11.5. The van der Waals surface area contributed by atoms with E-state index in [1.165, 1.54) is 0 Å². The van der Waals surface area contributed by atoms with Gasteiger partial charge in [-0.3, -0.25) is 0 Å². The summed E-state index contributed by atoms with van der Waals surface area (Å²) in [6.07, 6.45) is 2.19. The van der Waals surface area contributed by atoms with E-state index in [1.807, 2.05) is 11.8 Å². The molecule has 4 nitrogen and oxygen atoms in total. The summed E-state index contributed by atoms with van der Waals surface area (Å²) in [5, 5.41) is 19.2. The van der Waals surface area contributed by atoms with Gasteiger partial charge in [0, 0.05) is 5.41 Å². The lowest BCUT2D eigenvalue weighted by Crippen LogP contribution is -2.39. The average Bonchev–Trinajstić information content (AvgIpc) is 2.71. The van der Waals surface area contributed by atoms with E-state index in [0.717, 1.165) is 17.9 Å². The quantitative estimate of drug-likeness (QED) is 0.652. The Kier molecular flexibility index (Phi) is 6.44. The molecule has 2 N–H and O–H groups in total. The van der Waals surface area contributed by atoms with Crippen LogP contribution in [0.15, 0.2) is 0 Å². The Balaban J connectivity index is 2.62. The number of aliphatic hydroxyl groups is 2. The van der Waals surface area contributed by atoms with Gasteiger partial charge in [0.2, 0.25) is 0 Å². The van der Waals surface area contributed by atoms with E-state index in [0.29, 0.717) is 12.8 Å². The van der Waals surface area contributed by atoms with Crippen molar-refractivity contribution in [2.24, 2.45) is 11.3 Å². The van der Waals surface area contributed by atoms with Crippen LogP contribution in [0.1, 0.15) is 26.2 Å². The van der Waals surface area contributed by atoms with Gasteiger partial charge in [-0.05, 0) is 36.7 Å². The van der Waals surface area contributed by atoms with Crippen molar-refractivity contribution in [2.45, 2.75) is 26.2 Å². The molecule has 0 saturated carbocycles. The van der Waals surface area contributed by atoms with Crippen LogP contribution in [0.5, 0.6) is 0 Å². The summed E-state index contributed by atoms with van der Waals surface area (Å²) in [6.45, 7) is 1.85. The first-order valence-electron chi connectivity index (χ1n) is 6.49. The van der Waals surface area contributed by atoms with Crippen molar-refractivity contribution in [3.63, 3.8) is 0 Å². The number of hydrogen-bond acceptors (Lipinski definition) is 5. The Hall–Kier alpha value is 0.220. The average molecular weight is 296 g/mol. The summed E-state index contributed by atoms with van der Waals surface area (Å²) in [6, 6.07) is 0. The van der Waals surface area contributed by atoms with Crippen LogP contribution in [0.25, 0.3) is 0 Å². The molecule has 0 aliphatic carbocycles. The molecule has 0 amide bonds. The van der Waals surface area contributed by atoms with E-state index >= 15 is 0 Å². The lowest BCUT2D eigenvalue weighted by Gasteiger charge is -2.35. The highest BCUT2D eigenvalue weighted by atomic mass is 32.2. The monoisotopic (exact) mass is 296 g/mol. The zero-order valence-electron chi connectivity index (χ0n) is 11.0. The van der Waals surface area contributed by atoms with Crippen molar-refractivity contribution in [3.8, 4) is 0 Å². The van der Waals surface area contributed by atoms with Crippen LogP contribution in [-0.2, 0) is 9.84 Å². The highest BCUT2D eigenvalue weighted by Crippen LogP contribution is 2.39. The Labute approximate surface area is 114 Å². The SMILES string of the molecule is CCSCCCC(CO)(CO)C1CCS(=O)(=O)C1. The van der Waals surface area contributed by atoms with Crippen molar-refractivity contribution in [1.29, 1.82) is 0 Å². The molecule has 1 saturated heterocycles. The van der Waals surface area contributed by atoms with Crippen LogP contribution in [0.4, 0.5) is 0 Å². The van der Waals surface area contributed by atoms with Crippen LogP contribution >= 0.6 is 11.8 Å². The summed E-state index contributed by atoms with van der Waals surface area (Å²) in [4.78, 5) is 0. The van der Waals surface area contributed by atoms with Crippen LogP contribution in [-0.4, -0.2) is 54.9 Å². The van der Waals surface area contributed by atoms with Gasteiger partial charge < -0.3 is 10.2 Å². The molecule has 108 valence electrons. The van der Waals surface area contributed by atoms with Gasteiger partial charge in [0.25, 0.3) is 0 Å². The van der Waals surface area contributed by atoms with Crippen molar-refractivity contribution in [3.05, 3.63) is 0 Å². The van der Waals surface area contributed by atoms with Crippen LogP contribution < -0.4 is 0 Å². The third-order valence-corrected chi connectivity index (χ3v) is 6.65. The maximum Gasteiger partial charge on any atom is 0.150 e. The molecule has 1 rings (SSSR count). The van der Waals surface area contributed by atoms with Gasteiger partial charge in [-0.2, -0.15) is 11.8 Å². The molecule has 18 heavy (non-hydrogen) atoms. The molecule has 1 fully saturated rings. The second-order valence-corrected chi connectivity index (χ2v) is 8.70. The van der Waals surface area contributed by atoms with E-state index in [1.54, 1.807) is 0 Å². The van der Waals surface area contributed by atoms with Gasteiger partial charge in [-0.25, -0.2) is 8.42 Å². The van der Waals surface area contributed by atoms with Crippen molar-refractivity contribution < 1.29 is 18.6 Å². The largest absolute Gasteiger partial charge is 0.396 e. The Morgan fingerprint density at radius 2 is 2.00 bits per heavy atom. The van der Waals surface area contributed by atoms with Gasteiger partial charge in [-0.1, -0.05) is 6.92 Å². The van der Waals surface area contributed by atoms with E-state index < -0.39 is 15.3 Å². The minimum atomic E-state index is -2.96. The Morgan fingerprint density at radius 1 is 1.33 bits per heavy atom. The predicted octanol–water partition coefficient (Wildman–Crippen LogP) is 0.925. The summed E-state index contributed by atoms with van der Waals surface area (Å²) in [5.41, 5.74) is -0.613. The molecule has 0 aromatic carbocycles. The number of thioether (sulfide) groups is 1. The van der Waals surface area contributed by atoms with Gasteiger partial charge in [0.15, 0.2) is 9.84 Å². The molecule has 0 aromatic heterocycles. The molecule has 0 spiro atoms. The van der Waals surface area contributed by atoms with Gasteiger partial charge >= 0.3 is 0 Å². The molecule has 1 atom stereocenters. The fourth-order valence-corrected chi connectivity index (χ4v) is 5.20. The number of rotatable bonds is 8. The number of sulfone groups is 1. The summed E-state index contributed by atoms with van der Waals surface area (Å²) in [7, 11) is -2.96. The van der Waals surface area contributed by atoms with Gasteiger partial charge in [-0.15, -0.1) is 0 Å². The standard InChI is InChI=1S/C12H24O4S2/c1-2-17-6-3-5-12(9-13,10-14)11-4-7-18(15,16)8-11/h11,13-14H,2-10H2,1H3. The molecule has 1 heterocycles. The van der Waals surface area contributed by atoms with Crippen molar-refractivity contribution in [2.75, 3.05) is 36.2 Å². The summed E-state index contributed by atoms with van der Waals surface area (Å²) < 4.78 is 23.1. The zero-order chi connectivity index (χ0) is 13.6. The minimum Gasteiger partial charge on any atom is -0.396 e. The molecule has 6 heteroatoms. The minimum absolute atomic E-state index is 0.0934. The summed E-state index contributed by atoms with van der Waals surface area (Å²) >= 11 is 1.83. The Morgan fingerprint density at radius 3 is 2.44 bits per heavy atom. The number of aliphatic hydroxyl groups excluding tert-OH is 2. The molecule has 1 aliphatic heterocycles. The molecular weight excluding hydrogens is 272 g/mol. The second-order valence-electron chi connectivity index (χ2n) is 5.08. The van der Waals surface area contributed by atoms with Crippen molar-refractivity contribution >= 4 is 21.6 Å². The van der Waals surface area contributed by atoms with Gasteiger partial charge in [0.1, 0.15) is 0 Å². The second kappa shape index (κ2) is 7.12. The normalized spacial score (nSPS) is 23.4. The molecule has 0 radical (unpaired) electrons. The zero-order valence-corrected chi connectivity index (χ0v) is 12.6. The highest BCUT2D eigenvalue weighted by molar-refractivity contribution is 7.99. The summed E-state index contributed by atoms with van der Waals surface area (Å²) in [5.74, 6) is 2.28. The topological polar surface area (TPSA) is 74.6 Å². The predicted molar refractivity (Wildman–Crippen MR) is 75.6 cm³/mol. The van der Waals surface area contributed by atoms with E-state index in [9.17, 15) is 18.6 Å². The highest BCUT2D eigenvalue weighted by Gasteiger charge is 2.43. The van der Waals surface area contributed by atoms with Crippen LogP contribution in [0, 0.1) is 11.3 Å². The lowest BCUT2D eigenvalue weighted by atomic mass is 9.73. The van der Waals surface area contributed by atoms with Crippen LogP contribution in [0.3, 0.4) is 0 Å². The van der Waals surface area contributed by atoms with Crippen LogP contribution in [0.2, 0.25) is 0 Å². The smallest absolute Gasteiger partial charge is 0.150 e. The van der Waals surface area contributed by atoms with Gasteiger partial charge in [0.05, 0.1) is 24.7 Å². The Bertz CT molecular complexity index is 336. The fourth-order valence-electron chi connectivity index (χ4n) is 2.62. The first-order valence-corrected chi connectivity index (χ1v) is 9.47. The molecule has 1 aliphatic rings. The molecule has 0 bridgehead atoms. The van der Waals surface area contributed by atoms with E-state index in [2.05, 4.69) is 6.92 Å². The number of hydrogen-bond donors (Lipinski definition) is 2. The molecular formula is C12H24O4S2. The first kappa shape index (κ1) is 16.3. The molecule has 1 unspecified atom stereocenters.